The van der Waals surface area contributed by atoms with Gasteiger partial charge in [-0.2, -0.15) is 0 Å². The van der Waals surface area contributed by atoms with Gasteiger partial charge < -0.3 is 0 Å². The summed E-state index contributed by atoms with van der Waals surface area (Å²) in [6.07, 6.45) is 6.93. The zero-order valence-electron chi connectivity index (χ0n) is 11.0. The molecule has 0 amide bonds. The first-order chi connectivity index (χ1) is 9.04. The average Bonchev–Trinajstić information content (AvgIpc) is 2.87. The van der Waals surface area contributed by atoms with Crippen LogP contribution in [-0.2, 0) is 0 Å². The van der Waals surface area contributed by atoms with Gasteiger partial charge in [0.05, 0.1) is 16.5 Å². The van der Waals surface area contributed by atoms with Crippen molar-refractivity contribution in [1.29, 1.82) is 0 Å². The number of nitro groups is 1. The third-order valence-corrected chi connectivity index (χ3v) is 3.77. The number of fused-ring (bicyclic) bond motifs is 1. The van der Waals surface area contributed by atoms with Gasteiger partial charge in [0.1, 0.15) is 0 Å². The summed E-state index contributed by atoms with van der Waals surface area (Å²) in [5.74, 6) is -0.284. The van der Waals surface area contributed by atoms with Gasteiger partial charge in [-0.3, -0.25) is 14.5 Å². The molecular weight excluding hydrogens is 262 g/mol. The maximum Gasteiger partial charge on any atom is 0.254 e. The van der Waals surface area contributed by atoms with E-state index in [4.69, 9.17) is 0 Å². The molecule has 2 aromatic heterocycles. The Bertz CT molecular complexity index is 667. The van der Waals surface area contributed by atoms with Crippen molar-refractivity contribution in [3.8, 4) is 0 Å². The van der Waals surface area contributed by atoms with Crippen LogP contribution >= 0.6 is 11.3 Å². The molecule has 0 saturated heterocycles. The topological polar surface area (TPSA) is 60.4 Å². The maximum atomic E-state index is 11.2. The number of hydrogen-bond donors (Lipinski definition) is 0. The van der Waals surface area contributed by atoms with Crippen molar-refractivity contribution in [3.05, 3.63) is 57.0 Å². The summed E-state index contributed by atoms with van der Waals surface area (Å²) < 4.78 is 1.93. The minimum absolute atomic E-state index is 0.184. The molecule has 2 heterocycles. The van der Waals surface area contributed by atoms with E-state index in [-0.39, 0.29) is 16.5 Å². The smallest absolute Gasteiger partial charge is 0.254 e. The van der Waals surface area contributed by atoms with Crippen LogP contribution in [0, 0.1) is 17.0 Å². The quantitative estimate of drug-likeness (QED) is 0.488. The molecule has 0 aliphatic heterocycles. The molecule has 2 rings (SSSR count). The van der Waals surface area contributed by atoms with Gasteiger partial charge in [0.15, 0.2) is 4.96 Å². The molecule has 0 radical (unpaired) electrons. The summed E-state index contributed by atoms with van der Waals surface area (Å²) in [5, 5.41) is 13.1. The second-order valence-corrected chi connectivity index (χ2v) is 5.13. The van der Waals surface area contributed by atoms with E-state index in [2.05, 4.69) is 4.98 Å². The molecule has 5 nitrogen and oxygen atoms in total. The van der Waals surface area contributed by atoms with E-state index in [0.29, 0.717) is 0 Å². The second kappa shape index (κ2) is 5.36. The Morgan fingerprint density at radius 2 is 2.37 bits per heavy atom. The molecule has 0 fully saturated rings. The molecule has 0 aliphatic carbocycles. The van der Waals surface area contributed by atoms with E-state index in [0.717, 1.165) is 16.3 Å². The molecule has 0 aliphatic rings. The SMILES string of the molecule is C/C=C\C=C(/C(C)c1csc2nc(C)cn12)[N+](=O)[O-]. The number of aryl methyl sites for hydroxylation is 1. The molecule has 0 N–H and O–H groups in total. The van der Waals surface area contributed by atoms with Crippen LogP contribution in [0.1, 0.15) is 31.2 Å². The van der Waals surface area contributed by atoms with E-state index in [9.17, 15) is 10.1 Å². The fraction of sp³-hybridized carbons (Fsp3) is 0.308. The van der Waals surface area contributed by atoms with Crippen LogP contribution in [0.5, 0.6) is 0 Å². The van der Waals surface area contributed by atoms with Gasteiger partial charge in [-0.1, -0.05) is 12.2 Å². The lowest BCUT2D eigenvalue weighted by Crippen LogP contribution is -2.09. The van der Waals surface area contributed by atoms with Crippen molar-refractivity contribution < 1.29 is 4.92 Å². The van der Waals surface area contributed by atoms with Gasteiger partial charge in [0, 0.05) is 23.3 Å². The van der Waals surface area contributed by atoms with Crippen LogP contribution in [-0.4, -0.2) is 14.3 Å². The Kier molecular flexibility index (Phi) is 3.80. The third kappa shape index (κ3) is 2.58. The monoisotopic (exact) mass is 277 g/mol. The lowest BCUT2D eigenvalue weighted by atomic mass is 10.0. The largest absolute Gasteiger partial charge is 0.294 e. The standard InChI is InChI=1S/C13H15N3O2S/c1-4-5-6-11(16(17)18)10(3)12-8-19-13-14-9(2)7-15(12)13/h4-8,10H,1-3H3/b5-4-,11-6+. The first-order valence-electron chi connectivity index (χ1n) is 5.95. The molecule has 19 heavy (non-hydrogen) atoms. The molecule has 2 aromatic rings. The molecule has 0 spiro atoms. The molecule has 0 saturated carbocycles. The van der Waals surface area contributed by atoms with Crippen LogP contribution in [0.25, 0.3) is 4.96 Å². The van der Waals surface area contributed by atoms with E-state index in [1.807, 2.05) is 36.7 Å². The summed E-state index contributed by atoms with van der Waals surface area (Å²) in [7, 11) is 0. The first-order valence-corrected chi connectivity index (χ1v) is 6.83. The Hall–Kier alpha value is -1.95. The lowest BCUT2D eigenvalue weighted by Gasteiger charge is -2.07. The van der Waals surface area contributed by atoms with Crippen LogP contribution in [0.15, 0.2) is 35.5 Å². The number of aromatic nitrogens is 2. The van der Waals surface area contributed by atoms with Gasteiger partial charge >= 0.3 is 0 Å². The summed E-state index contributed by atoms with van der Waals surface area (Å²) in [5.41, 5.74) is 2.00. The number of hydrogen-bond acceptors (Lipinski definition) is 4. The number of nitrogens with zero attached hydrogens (tertiary/aromatic N) is 3. The fourth-order valence-corrected chi connectivity index (χ4v) is 2.95. The van der Waals surface area contributed by atoms with Gasteiger partial charge in [0.2, 0.25) is 0 Å². The number of rotatable bonds is 4. The van der Waals surface area contributed by atoms with Crippen molar-refractivity contribution in [1.82, 2.24) is 9.38 Å². The van der Waals surface area contributed by atoms with Crippen molar-refractivity contribution >= 4 is 16.3 Å². The van der Waals surface area contributed by atoms with Gasteiger partial charge in [-0.15, -0.1) is 11.3 Å². The van der Waals surface area contributed by atoms with Gasteiger partial charge in [-0.25, -0.2) is 4.98 Å². The summed E-state index contributed by atoms with van der Waals surface area (Å²) in [6.45, 7) is 5.59. The van der Waals surface area contributed by atoms with Crippen LogP contribution in [0.2, 0.25) is 0 Å². The van der Waals surface area contributed by atoms with E-state index in [1.54, 1.807) is 18.2 Å². The van der Waals surface area contributed by atoms with E-state index < -0.39 is 0 Å². The van der Waals surface area contributed by atoms with Crippen molar-refractivity contribution in [2.45, 2.75) is 26.7 Å². The summed E-state index contributed by atoms with van der Waals surface area (Å²) >= 11 is 1.50. The molecule has 0 bridgehead atoms. The molecule has 100 valence electrons. The highest BCUT2D eigenvalue weighted by Crippen LogP contribution is 2.28. The molecular formula is C13H15N3O2S. The second-order valence-electron chi connectivity index (χ2n) is 4.29. The highest BCUT2D eigenvalue weighted by molar-refractivity contribution is 7.15. The average molecular weight is 277 g/mol. The van der Waals surface area contributed by atoms with Crippen LogP contribution < -0.4 is 0 Å². The summed E-state index contributed by atoms with van der Waals surface area (Å²) in [6, 6.07) is 0. The lowest BCUT2D eigenvalue weighted by molar-refractivity contribution is -0.429. The predicted octanol–water partition coefficient (Wildman–Crippen LogP) is 3.54. The molecule has 6 heteroatoms. The predicted molar refractivity (Wildman–Crippen MR) is 76.1 cm³/mol. The van der Waals surface area contributed by atoms with Gasteiger partial charge in [-0.05, 0) is 20.8 Å². The van der Waals surface area contributed by atoms with Crippen molar-refractivity contribution in [3.63, 3.8) is 0 Å². The number of thiazole rings is 1. The minimum atomic E-state index is -0.321. The number of allylic oxidation sites excluding steroid dienone is 4. The Balaban J connectivity index is 2.46. The van der Waals surface area contributed by atoms with E-state index >= 15 is 0 Å². The fourth-order valence-electron chi connectivity index (χ4n) is 1.93. The van der Waals surface area contributed by atoms with Crippen LogP contribution in [0.4, 0.5) is 0 Å². The minimum Gasteiger partial charge on any atom is -0.294 e. The Labute approximate surface area is 115 Å². The highest BCUT2D eigenvalue weighted by Gasteiger charge is 2.24. The third-order valence-electron chi connectivity index (χ3n) is 2.91. The Morgan fingerprint density at radius 1 is 1.63 bits per heavy atom. The van der Waals surface area contributed by atoms with Crippen molar-refractivity contribution in [2.24, 2.45) is 0 Å². The maximum absolute atomic E-state index is 11.2. The number of imidazole rings is 1. The molecule has 0 aromatic carbocycles. The normalized spacial score (nSPS) is 14.4. The Morgan fingerprint density at radius 3 is 3.00 bits per heavy atom. The zero-order chi connectivity index (χ0) is 14.0. The first kappa shape index (κ1) is 13.5. The van der Waals surface area contributed by atoms with Gasteiger partial charge in [0.25, 0.3) is 5.70 Å². The molecule has 1 atom stereocenters. The van der Waals surface area contributed by atoms with E-state index in [1.165, 1.54) is 11.3 Å². The molecule has 1 unspecified atom stereocenters. The van der Waals surface area contributed by atoms with Crippen LogP contribution in [0.3, 0.4) is 0 Å². The summed E-state index contributed by atoms with van der Waals surface area (Å²) in [4.78, 5) is 16.1. The highest BCUT2D eigenvalue weighted by atomic mass is 32.1. The van der Waals surface area contributed by atoms with Crippen molar-refractivity contribution in [2.75, 3.05) is 0 Å². The zero-order valence-corrected chi connectivity index (χ0v) is 11.8.